The van der Waals surface area contributed by atoms with Gasteiger partial charge in [0.25, 0.3) is 5.56 Å². The molecular weight excluding hydrogens is 462 g/mol. The Morgan fingerprint density at radius 2 is 1.79 bits per heavy atom. The summed E-state index contributed by atoms with van der Waals surface area (Å²) < 4.78 is 60.4. The minimum absolute atomic E-state index is 0.0522. The first kappa shape index (κ1) is 23.9. The van der Waals surface area contributed by atoms with Gasteiger partial charge < -0.3 is 14.2 Å². The maximum atomic E-state index is 14.5. The molecule has 0 amide bonds. The predicted octanol–water partition coefficient (Wildman–Crippen LogP) is 4.09. The lowest BCUT2D eigenvalue weighted by molar-refractivity contribution is 0.341. The highest BCUT2D eigenvalue weighted by atomic mass is 32.2. The molecule has 1 aliphatic heterocycles. The van der Waals surface area contributed by atoms with Crippen molar-refractivity contribution in [2.24, 2.45) is 7.05 Å². The van der Waals surface area contributed by atoms with E-state index < -0.39 is 21.5 Å². The van der Waals surface area contributed by atoms with Gasteiger partial charge in [-0.15, -0.1) is 0 Å². The molecule has 0 radical (unpaired) electrons. The Hall–Kier alpha value is -3.20. The number of anilines is 1. The fourth-order valence-electron chi connectivity index (χ4n) is 4.33. The summed E-state index contributed by atoms with van der Waals surface area (Å²) in [7, 11) is -1.84. The summed E-state index contributed by atoms with van der Waals surface area (Å²) in [6, 6.07) is 8.13. The summed E-state index contributed by atoms with van der Waals surface area (Å²) in [6.45, 7) is 4.37. The van der Waals surface area contributed by atoms with Crippen molar-refractivity contribution >= 4 is 15.5 Å². The number of aryl methyl sites for hydroxylation is 1. The number of sulfone groups is 1. The molecule has 1 aromatic heterocycles. The molecule has 2 heterocycles. The van der Waals surface area contributed by atoms with E-state index in [2.05, 4.69) is 0 Å². The Balaban J connectivity index is 1.92. The van der Waals surface area contributed by atoms with Crippen LogP contribution in [0.25, 0.3) is 11.1 Å². The summed E-state index contributed by atoms with van der Waals surface area (Å²) in [5.74, 6) is -0.907. The summed E-state index contributed by atoms with van der Waals surface area (Å²) in [6.07, 6.45) is 2.02. The van der Waals surface area contributed by atoms with Gasteiger partial charge in [-0.05, 0) is 49.2 Å². The highest BCUT2D eigenvalue weighted by Gasteiger charge is 2.27. The van der Waals surface area contributed by atoms with Crippen LogP contribution in [0, 0.1) is 11.6 Å². The number of nitrogens with zero attached hydrogens (tertiary/aromatic N) is 2. The van der Waals surface area contributed by atoms with E-state index in [0.717, 1.165) is 6.07 Å². The van der Waals surface area contributed by atoms with Crippen molar-refractivity contribution in [3.63, 3.8) is 0 Å². The molecule has 9 heteroatoms. The van der Waals surface area contributed by atoms with Crippen molar-refractivity contribution in [1.82, 2.24) is 4.57 Å². The van der Waals surface area contributed by atoms with Crippen LogP contribution in [0.1, 0.15) is 25.0 Å². The minimum Gasteiger partial charge on any atom is -0.493 e. The Labute approximate surface area is 197 Å². The molecule has 6 nitrogen and oxygen atoms in total. The maximum absolute atomic E-state index is 14.5. The van der Waals surface area contributed by atoms with Crippen molar-refractivity contribution in [3.05, 3.63) is 75.7 Å². The van der Waals surface area contributed by atoms with Crippen LogP contribution in [0.2, 0.25) is 0 Å². The van der Waals surface area contributed by atoms with Crippen LogP contribution in [0.4, 0.5) is 14.5 Å². The van der Waals surface area contributed by atoms with Gasteiger partial charge in [0, 0.05) is 49.1 Å². The highest BCUT2D eigenvalue weighted by molar-refractivity contribution is 7.91. The third-order valence-electron chi connectivity index (χ3n) is 6.10. The zero-order chi connectivity index (χ0) is 24.6. The quantitative estimate of drug-likeness (QED) is 0.523. The molecule has 34 heavy (non-hydrogen) atoms. The van der Waals surface area contributed by atoms with Gasteiger partial charge in [0.1, 0.15) is 17.4 Å². The molecule has 1 aliphatic rings. The molecule has 0 N–H and O–H groups in total. The number of aromatic nitrogens is 1. The van der Waals surface area contributed by atoms with E-state index in [-0.39, 0.29) is 28.4 Å². The second-order valence-corrected chi connectivity index (χ2v) is 10.5. The number of benzene rings is 2. The van der Waals surface area contributed by atoms with Crippen LogP contribution in [0.5, 0.6) is 5.75 Å². The zero-order valence-electron chi connectivity index (χ0n) is 19.3. The van der Waals surface area contributed by atoms with Gasteiger partial charge in [0.15, 0.2) is 9.84 Å². The smallest absolute Gasteiger partial charge is 0.253 e. The molecule has 0 unspecified atom stereocenters. The van der Waals surface area contributed by atoms with Crippen LogP contribution in [-0.4, -0.2) is 31.9 Å². The van der Waals surface area contributed by atoms with Crippen LogP contribution >= 0.6 is 0 Å². The second-order valence-electron chi connectivity index (χ2n) is 8.18. The largest absolute Gasteiger partial charge is 0.493 e. The topological polar surface area (TPSA) is 68.6 Å². The van der Waals surface area contributed by atoms with Gasteiger partial charge in [-0.3, -0.25) is 4.79 Å². The van der Waals surface area contributed by atoms with Gasteiger partial charge in [0.05, 0.1) is 22.9 Å². The molecule has 3 aromatic rings. The molecule has 0 saturated carbocycles. The van der Waals surface area contributed by atoms with Crippen molar-refractivity contribution in [2.75, 3.05) is 23.8 Å². The lowest BCUT2D eigenvalue weighted by Gasteiger charge is -2.32. The summed E-state index contributed by atoms with van der Waals surface area (Å²) in [4.78, 5) is 14.8. The molecule has 2 aromatic carbocycles. The number of rotatable bonds is 6. The van der Waals surface area contributed by atoms with Crippen molar-refractivity contribution in [2.45, 2.75) is 31.7 Å². The van der Waals surface area contributed by atoms with Crippen molar-refractivity contribution < 1.29 is 21.9 Å². The Morgan fingerprint density at radius 3 is 2.47 bits per heavy atom. The third kappa shape index (κ3) is 4.32. The minimum atomic E-state index is -3.48. The van der Waals surface area contributed by atoms with Crippen molar-refractivity contribution in [3.8, 4) is 16.9 Å². The monoisotopic (exact) mass is 488 g/mol. The Kier molecular flexibility index (Phi) is 6.49. The van der Waals surface area contributed by atoms with Crippen LogP contribution in [0.15, 0.2) is 52.3 Å². The number of hydrogen-bond donors (Lipinski definition) is 0. The standard InChI is InChI=1S/C25H26F2N2O4S/c1-4-33-24-9-7-17(34(31,32)5-2)13-19(24)20-14-28(3)25(30)18-10-11-29(15-21(18)20)23-8-6-16(26)12-22(23)27/h6-9,12-14H,4-5,10-11,15H2,1-3H3. The lowest BCUT2D eigenvalue weighted by atomic mass is 9.92. The van der Waals surface area contributed by atoms with Gasteiger partial charge in [0.2, 0.25) is 0 Å². The maximum Gasteiger partial charge on any atom is 0.253 e. The predicted molar refractivity (Wildman–Crippen MR) is 127 cm³/mol. The summed E-state index contributed by atoms with van der Waals surface area (Å²) in [5.41, 5.74) is 2.53. The molecule has 0 bridgehead atoms. The van der Waals surface area contributed by atoms with E-state index in [4.69, 9.17) is 4.74 Å². The van der Waals surface area contributed by atoms with Gasteiger partial charge >= 0.3 is 0 Å². The van der Waals surface area contributed by atoms with Gasteiger partial charge in [-0.2, -0.15) is 0 Å². The highest BCUT2D eigenvalue weighted by Crippen LogP contribution is 2.38. The average molecular weight is 489 g/mol. The molecular formula is C25H26F2N2O4S. The number of halogens is 2. The first-order valence-corrected chi connectivity index (χ1v) is 12.7. The molecule has 0 fully saturated rings. The third-order valence-corrected chi connectivity index (χ3v) is 7.83. The summed E-state index contributed by atoms with van der Waals surface area (Å²) in [5, 5.41) is 0. The first-order valence-electron chi connectivity index (χ1n) is 11.1. The van der Waals surface area contributed by atoms with Gasteiger partial charge in [-0.25, -0.2) is 17.2 Å². The van der Waals surface area contributed by atoms with Crippen LogP contribution < -0.4 is 15.2 Å². The number of ether oxygens (including phenoxy) is 1. The fourth-order valence-corrected chi connectivity index (χ4v) is 5.23. The SMILES string of the molecule is CCOc1ccc(S(=O)(=O)CC)cc1-c1cn(C)c(=O)c2c1CN(c1ccc(F)cc1F)CC2. The molecule has 0 spiro atoms. The van der Waals surface area contributed by atoms with E-state index in [1.165, 1.54) is 22.8 Å². The molecule has 0 atom stereocenters. The molecule has 180 valence electrons. The van der Waals surface area contributed by atoms with Crippen molar-refractivity contribution in [1.29, 1.82) is 0 Å². The average Bonchev–Trinajstić information content (AvgIpc) is 2.81. The first-order chi connectivity index (χ1) is 16.2. The van der Waals surface area contributed by atoms with E-state index in [1.807, 2.05) is 6.92 Å². The van der Waals surface area contributed by atoms with E-state index in [9.17, 15) is 22.0 Å². The summed E-state index contributed by atoms with van der Waals surface area (Å²) >= 11 is 0. The second kappa shape index (κ2) is 9.21. The normalized spacial score (nSPS) is 13.6. The van der Waals surface area contributed by atoms with E-state index in [0.29, 0.717) is 47.6 Å². The number of hydrogen-bond acceptors (Lipinski definition) is 5. The molecule has 4 rings (SSSR count). The van der Waals surface area contributed by atoms with E-state index >= 15 is 0 Å². The Morgan fingerprint density at radius 1 is 1.03 bits per heavy atom. The van der Waals surface area contributed by atoms with Gasteiger partial charge in [-0.1, -0.05) is 6.92 Å². The van der Waals surface area contributed by atoms with Crippen LogP contribution in [0.3, 0.4) is 0 Å². The van der Waals surface area contributed by atoms with Crippen LogP contribution in [-0.2, 0) is 29.9 Å². The number of fused-ring (bicyclic) bond motifs is 1. The fraction of sp³-hybridized carbons (Fsp3) is 0.320. The molecule has 0 saturated heterocycles. The van der Waals surface area contributed by atoms with E-state index in [1.54, 1.807) is 37.2 Å². The Bertz CT molecular complexity index is 1420. The molecule has 0 aliphatic carbocycles. The zero-order valence-corrected chi connectivity index (χ0v) is 20.1. The number of pyridine rings is 1. The lowest BCUT2D eigenvalue weighted by Crippen LogP contribution is -2.36.